The molecule has 116 valence electrons. The fourth-order valence-corrected chi connectivity index (χ4v) is 2.70. The Balaban J connectivity index is 1.60. The lowest BCUT2D eigenvalue weighted by molar-refractivity contribution is -0.122. The van der Waals surface area contributed by atoms with Gasteiger partial charge in [-0.25, -0.2) is 0 Å². The van der Waals surface area contributed by atoms with Gasteiger partial charge in [-0.1, -0.05) is 40.2 Å². The Bertz CT molecular complexity index is 873. The van der Waals surface area contributed by atoms with Gasteiger partial charge in [0.1, 0.15) is 6.54 Å². The fraction of sp³-hybridized carbons (Fsp3) is 0.0588. The molecule has 6 heteroatoms. The Morgan fingerprint density at radius 1 is 1.00 bits per heavy atom. The molecule has 0 atom stereocenters. The third kappa shape index (κ3) is 3.60. The fourth-order valence-electron chi connectivity index (χ4n) is 2.30. The molecule has 1 aromatic heterocycles. The van der Waals surface area contributed by atoms with E-state index in [-0.39, 0.29) is 18.4 Å². The van der Waals surface area contributed by atoms with Gasteiger partial charge in [0.2, 0.25) is 0 Å². The van der Waals surface area contributed by atoms with Gasteiger partial charge in [-0.2, -0.15) is 0 Å². The van der Waals surface area contributed by atoms with E-state index in [1.54, 1.807) is 18.2 Å². The van der Waals surface area contributed by atoms with E-state index in [9.17, 15) is 9.59 Å². The van der Waals surface area contributed by atoms with Crippen LogP contribution in [-0.4, -0.2) is 16.4 Å². The van der Waals surface area contributed by atoms with Crippen LogP contribution in [0.2, 0.25) is 0 Å². The number of amides is 2. The summed E-state index contributed by atoms with van der Waals surface area (Å²) in [5, 5.41) is 1.07. The van der Waals surface area contributed by atoms with Gasteiger partial charge in [0.25, 0.3) is 11.8 Å². The molecule has 2 aromatic carbocycles. The second-order valence-electron chi connectivity index (χ2n) is 5.02. The number of hydrogen-bond acceptors (Lipinski definition) is 2. The molecule has 2 N–H and O–H groups in total. The SMILES string of the molecule is O=C(Cn1ccc2ccccc21)NNC(=O)c1cccc(Br)c1. The van der Waals surface area contributed by atoms with E-state index in [2.05, 4.69) is 26.8 Å². The summed E-state index contributed by atoms with van der Waals surface area (Å²) in [6, 6.07) is 16.7. The highest BCUT2D eigenvalue weighted by Gasteiger charge is 2.09. The standard InChI is InChI=1S/C17H14BrN3O2/c18-14-6-3-5-13(10-14)17(23)20-19-16(22)11-21-9-8-12-4-1-2-7-15(12)21/h1-10H,11H2,(H,19,22)(H,20,23). The Hall–Kier alpha value is -2.60. The maximum Gasteiger partial charge on any atom is 0.269 e. The van der Waals surface area contributed by atoms with Crippen molar-refractivity contribution in [3.63, 3.8) is 0 Å². The lowest BCUT2D eigenvalue weighted by atomic mass is 10.2. The first-order valence-electron chi connectivity index (χ1n) is 7.02. The monoisotopic (exact) mass is 371 g/mol. The van der Waals surface area contributed by atoms with Gasteiger partial charge >= 0.3 is 0 Å². The molecule has 0 aliphatic heterocycles. The molecule has 0 fully saturated rings. The second kappa shape index (κ2) is 6.66. The number of para-hydroxylation sites is 1. The number of benzene rings is 2. The molecule has 0 saturated heterocycles. The maximum absolute atomic E-state index is 12.0. The van der Waals surface area contributed by atoms with Crippen LogP contribution in [0, 0.1) is 0 Å². The number of nitrogens with zero attached hydrogens (tertiary/aromatic N) is 1. The van der Waals surface area contributed by atoms with Crippen molar-refractivity contribution >= 4 is 38.6 Å². The summed E-state index contributed by atoms with van der Waals surface area (Å²) in [5.41, 5.74) is 6.28. The molecule has 3 aromatic rings. The van der Waals surface area contributed by atoms with Crippen molar-refractivity contribution < 1.29 is 9.59 Å². The molecule has 1 heterocycles. The van der Waals surface area contributed by atoms with E-state index in [0.29, 0.717) is 5.56 Å². The minimum absolute atomic E-state index is 0.131. The van der Waals surface area contributed by atoms with E-state index < -0.39 is 0 Å². The zero-order chi connectivity index (χ0) is 16.2. The summed E-state index contributed by atoms with van der Waals surface area (Å²) < 4.78 is 2.63. The van der Waals surface area contributed by atoms with Crippen molar-refractivity contribution in [2.24, 2.45) is 0 Å². The van der Waals surface area contributed by atoms with Gasteiger partial charge in [-0.3, -0.25) is 20.4 Å². The molecule has 0 bridgehead atoms. The van der Waals surface area contributed by atoms with E-state index in [0.717, 1.165) is 15.4 Å². The average molecular weight is 372 g/mol. The van der Waals surface area contributed by atoms with Crippen LogP contribution in [0.3, 0.4) is 0 Å². The van der Waals surface area contributed by atoms with Crippen LogP contribution in [-0.2, 0) is 11.3 Å². The number of fused-ring (bicyclic) bond motifs is 1. The van der Waals surface area contributed by atoms with E-state index in [1.165, 1.54) is 0 Å². The highest BCUT2D eigenvalue weighted by Crippen LogP contribution is 2.14. The summed E-state index contributed by atoms with van der Waals surface area (Å²) in [5.74, 6) is -0.660. The number of carbonyl (C=O) groups is 2. The maximum atomic E-state index is 12.0. The lowest BCUT2D eigenvalue weighted by Crippen LogP contribution is -2.43. The van der Waals surface area contributed by atoms with Crippen LogP contribution in [0.5, 0.6) is 0 Å². The normalized spacial score (nSPS) is 10.5. The van der Waals surface area contributed by atoms with Crippen LogP contribution in [0.25, 0.3) is 10.9 Å². The molecule has 0 unspecified atom stereocenters. The first kappa shape index (κ1) is 15.3. The third-order valence-electron chi connectivity index (χ3n) is 3.40. The first-order chi connectivity index (χ1) is 11.1. The summed E-state index contributed by atoms with van der Waals surface area (Å²) in [6.45, 7) is 0.131. The van der Waals surface area contributed by atoms with Crippen molar-refractivity contribution in [2.45, 2.75) is 6.54 Å². The van der Waals surface area contributed by atoms with Crippen LogP contribution in [0.1, 0.15) is 10.4 Å². The van der Waals surface area contributed by atoms with Gasteiger partial charge in [-0.15, -0.1) is 0 Å². The molecule has 0 radical (unpaired) electrons. The third-order valence-corrected chi connectivity index (χ3v) is 3.89. The van der Waals surface area contributed by atoms with Crippen LogP contribution in [0.15, 0.2) is 65.3 Å². The van der Waals surface area contributed by atoms with Crippen molar-refractivity contribution in [1.82, 2.24) is 15.4 Å². The molecular weight excluding hydrogens is 358 g/mol. The molecule has 23 heavy (non-hydrogen) atoms. The zero-order valence-corrected chi connectivity index (χ0v) is 13.7. The number of halogens is 1. The van der Waals surface area contributed by atoms with E-state index >= 15 is 0 Å². The molecule has 0 aliphatic rings. The molecule has 2 amide bonds. The minimum atomic E-state index is -0.364. The van der Waals surface area contributed by atoms with Crippen LogP contribution >= 0.6 is 15.9 Å². The van der Waals surface area contributed by atoms with Gasteiger partial charge in [0.15, 0.2) is 0 Å². The lowest BCUT2D eigenvalue weighted by Gasteiger charge is -2.09. The Morgan fingerprint density at radius 3 is 2.65 bits per heavy atom. The predicted molar refractivity (Wildman–Crippen MR) is 91.7 cm³/mol. The number of nitrogens with one attached hydrogen (secondary N) is 2. The summed E-state index contributed by atoms with van der Waals surface area (Å²) in [6.07, 6.45) is 1.85. The number of hydrogen-bond donors (Lipinski definition) is 2. The molecule has 0 aliphatic carbocycles. The molecular formula is C17H14BrN3O2. The molecule has 0 saturated carbocycles. The second-order valence-corrected chi connectivity index (χ2v) is 5.93. The Kier molecular flexibility index (Phi) is 4.43. The van der Waals surface area contributed by atoms with Gasteiger partial charge in [0, 0.05) is 21.7 Å². The smallest absolute Gasteiger partial charge is 0.269 e. The van der Waals surface area contributed by atoms with Crippen LogP contribution < -0.4 is 10.9 Å². The van der Waals surface area contributed by atoms with Crippen molar-refractivity contribution in [3.05, 3.63) is 70.8 Å². The number of rotatable bonds is 3. The quantitative estimate of drug-likeness (QED) is 0.695. The van der Waals surface area contributed by atoms with Gasteiger partial charge < -0.3 is 4.57 Å². The number of carbonyl (C=O) groups excluding carboxylic acids is 2. The van der Waals surface area contributed by atoms with Crippen molar-refractivity contribution in [1.29, 1.82) is 0 Å². The molecule has 3 rings (SSSR count). The van der Waals surface area contributed by atoms with Crippen molar-refractivity contribution in [3.8, 4) is 0 Å². The van der Waals surface area contributed by atoms with Crippen molar-refractivity contribution in [2.75, 3.05) is 0 Å². The summed E-state index contributed by atoms with van der Waals surface area (Å²) in [4.78, 5) is 24.0. The van der Waals surface area contributed by atoms with E-state index in [4.69, 9.17) is 0 Å². The zero-order valence-electron chi connectivity index (χ0n) is 12.1. The number of hydrazine groups is 1. The summed E-state index contributed by atoms with van der Waals surface area (Å²) in [7, 11) is 0. The van der Waals surface area contributed by atoms with Gasteiger partial charge in [-0.05, 0) is 35.7 Å². The highest BCUT2D eigenvalue weighted by atomic mass is 79.9. The Labute approximate surface area is 141 Å². The Morgan fingerprint density at radius 2 is 1.83 bits per heavy atom. The number of aromatic nitrogens is 1. The average Bonchev–Trinajstić information content (AvgIpc) is 2.96. The largest absolute Gasteiger partial charge is 0.338 e. The van der Waals surface area contributed by atoms with Crippen LogP contribution in [0.4, 0.5) is 0 Å². The molecule has 5 nitrogen and oxygen atoms in total. The van der Waals surface area contributed by atoms with E-state index in [1.807, 2.05) is 47.2 Å². The minimum Gasteiger partial charge on any atom is -0.338 e. The highest BCUT2D eigenvalue weighted by molar-refractivity contribution is 9.10. The first-order valence-corrected chi connectivity index (χ1v) is 7.81. The predicted octanol–water partition coefficient (Wildman–Crippen LogP) is 2.87. The summed E-state index contributed by atoms with van der Waals surface area (Å²) >= 11 is 3.30. The molecule has 0 spiro atoms. The van der Waals surface area contributed by atoms with Gasteiger partial charge in [0.05, 0.1) is 0 Å². The topological polar surface area (TPSA) is 63.1 Å².